The van der Waals surface area contributed by atoms with Crippen molar-refractivity contribution in [3.63, 3.8) is 0 Å². The van der Waals surface area contributed by atoms with Gasteiger partial charge in [0.15, 0.2) is 6.29 Å². The highest BCUT2D eigenvalue weighted by Crippen LogP contribution is 2.05. The molecule has 2 N–H and O–H groups in total. The van der Waals surface area contributed by atoms with Crippen molar-refractivity contribution in [1.82, 2.24) is 5.06 Å². The molecule has 1 rings (SSSR count). The van der Waals surface area contributed by atoms with Crippen LogP contribution in [0.15, 0.2) is 0 Å². The third kappa shape index (κ3) is 1.94. The first-order valence-corrected chi connectivity index (χ1v) is 3.00. The van der Waals surface area contributed by atoms with Crippen LogP contribution < -0.4 is 0 Å². The summed E-state index contributed by atoms with van der Waals surface area (Å²) >= 11 is 0. The van der Waals surface area contributed by atoms with Crippen LogP contribution in [0.4, 0.5) is 0 Å². The first kappa shape index (κ1) is 7.46. The molecule has 1 heterocycles. The van der Waals surface area contributed by atoms with Gasteiger partial charge in [-0.3, -0.25) is 4.79 Å². The number of rotatable bonds is 2. The van der Waals surface area contributed by atoms with Crippen LogP contribution in [0.25, 0.3) is 0 Å². The van der Waals surface area contributed by atoms with Crippen LogP contribution in [0.2, 0.25) is 0 Å². The average Bonchev–Trinajstić information content (AvgIpc) is 2.13. The van der Waals surface area contributed by atoms with Gasteiger partial charge in [-0.1, -0.05) is 0 Å². The smallest absolute Gasteiger partial charge is 0.326 e. The number of carbonyl (C=O) groups excluding carboxylic acids is 1. The van der Waals surface area contributed by atoms with Crippen molar-refractivity contribution in [2.75, 3.05) is 13.1 Å². The fraction of sp³-hybridized carbons (Fsp3) is 0.800. The van der Waals surface area contributed by atoms with Crippen LogP contribution >= 0.6 is 0 Å². The van der Waals surface area contributed by atoms with E-state index in [-0.39, 0.29) is 12.5 Å². The molecule has 0 radical (unpaired) electrons. The number of hydrogen-bond acceptors (Lipinski definition) is 5. The van der Waals surface area contributed by atoms with Crippen molar-refractivity contribution >= 4 is 5.97 Å². The van der Waals surface area contributed by atoms with Crippen LogP contribution in [0.1, 0.15) is 6.42 Å². The third-order valence-corrected chi connectivity index (χ3v) is 1.16. The average molecular weight is 147 g/mol. The maximum absolute atomic E-state index is 10.4. The number of aliphatic hydroxyl groups excluding tert-OH is 1. The predicted octanol–water partition coefficient (Wildman–Crippen LogP) is -1.54. The van der Waals surface area contributed by atoms with Gasteiger partial charge in [0.1, 0.15) is 0 Å². The minimum atomic E-state index is -1.44. The summed E-state index contributed by atoms with van der Waals surface area (Å²) in [4.78, 5) is 15.0. The zero-order valence-corrected chi connectivity index (χ0v) is 5.36. The first-order chi connectivity index (χ1) is 4.68. The van der Waals surface area contributed by atoms with E-state index in [4.69, 9.17) is 10.2 Å². The van der Waals surface area contributed by atoms with Gasteiger partial charge in [0.05, 0.1) is 13.0 Å². The highest BCUT2D eigenvalue weighted by Gasteiger charge is 2.22. The maximum atomic E-state index is 10.4. The minimum absolute atomic E-state index is 0.0360. The largest absolute Gasteiger partial charge is 0.368 e. The van der Waals surface area contributed by atoms with Crippen LogP contribution in [-0.4, -0.2) is 40.6 Å². The number of β-amino-alcohol motifs (C(OH)–C–C–N with tert-alkyl or cyclic N) is 2. The summed E-state index contributed by atoms with van der Waals surface area (Å²) in [5.74, 6) is -0.319. The molecule has 1 aliphatic heterocycles. The van der Waals surface area contributed by atoms with Crippen molar-refractivity contribution in [1.29, 1.82) is 0 Å². The van der Waals surface area contributed by atoms with Crippen molar-refractivity contribution in [3.8, 4) is 0 Å². The van der Waals surface area contributed by atoms with E-state index in [1.165, 1.54) is 5.06 Å². The molecule has 0 spiro atoms. The molecular weight excluding hydrogens is 138 g/mol. The van der Waals surface area contributed by atoms with Gasteiger partial charge in [0.2, 0.25) is 0 Å². The van der Waals surface area contributed by atoms with Crippen molar-refractivity contribution in [2.45, 2.75) is 12.7 Å². The predicted molar refractivity (Wildman–Crippen MR) is 30.5 cm³/mol. The highest BCUT2D eigenvalue weighted by molar-refractivity contribution is 5.70. The molecule has 1 aliphatic rings. The van der Waals surface area contributed by atoms with Gasteiger partial charge < -0.3 is 15.1 Å². The molecule has 0 saturated carbocycles. The number of nitrogens with zero attached hydrogens (tertiary/aromatic N) is 1. The van der Waals surface area contributed by atoms with E-state index in [1.54, 1.807) is 0 Å². The summed E-state index contributed by atoms with van der Waals surface area (Å²) in [5, 5.41) is 18.1. The van der Waals surface area contributed by atoms with Gasteiger partial charge in [0, 0.05) is 6.54 Å². The Morgan fingerprint density at radius 3 is 2.80 bits per heavy atom. The quantitative estimate of drug-likeness (QED) is 0.463. The van der Waals surface area contributed by atoms with Gasteiger partial charge in [-0.25, -0.2) is 0 Å². The Kier molecular flexibility index (Phi) is 2.21. The van der Waals surface area contributed by atoms with E-state index >= 15 is 0 Å². The Balaban J connectivity index is 2.24. The van der Waals surface area contributed by atoms with Gasteiger partial charge >= 0.3 is 5.97 Å². The number of hydroxylamine groups is 2. The molecule has 0 aromatic rings. The molecule has 0 aromatic heterocycles. The lowest BCUT2D eigenvalue weighted by Crippen LogP contribution is -2.28. The Morgan fingerprint density at radius 2 is 2.40 bits per heavy atom. The Morgan fingerprint density at radius 1 is 1.70 bits per heavy atom. The zero-order valence-electron chi connectivity index (χ0n) is 5.36. The maximum Gasteiger partial charge on any atom is 0.326 e. The van der Waals surface area contributed by atoms with E-state index in [9.17, 15) is 4.79 Å². The minimum Gasteiger partial charge on any atom is -0.368 e. The van der Waals surface area contributed by atoms with Gasteiger partial charge in [-0.15, -0.1) is 5.06 Å². The van der Waals surface area contributed by atoms with Crippen LogP contribution in [-0.2, 0) is 9.63 Å². The van der Waals surface area contributed by atoms with E-state index in [1.807, 2.05) is 0 Å². The van der Waals surface area contributed by atoms with E-state index in [0.717, 1.165) is 0 Å². The molecule has 0 aromatic carbocycles. The van der Waals surface area contributed by atoms with E-state index in [0.29, 0.717) is 13.0 Å². The topological polar surface area (TPSA) is 70.0 Å². The second kappa shape index (κ2) is 2.96. The van der Waals surface area contributed by atoms with Crippen LogP contribution in [0.3, 0.4) is 0 Å². The van der Waals surface area contributed by atoms with Gasteiger partial charge in [0.25, 0.3) is 0 Å². The van der Waals surface area contributed by atoms with Crippen LogP contribution in [0.5, 0.6) is 0 Å². The molecule has 0 atom stereocenters. The molecule has 10 heavy (non-hydrogen) atoms. The summed E-state index contributed by atoms with van der Waals surface area (Å²) in [6.45, 7) is 0.405. The first-order valence-electron chi connectivity index (χ1n) is 3.00. The molecular formula is C5H9NO4. The molecule has 0 unspecified atom stereocenters. The van der Waals surface area contributed by atoms with Gasteiger partial charge in [-0.2, -0.15) is 0 Å². The highest BCUT2D eigenvalue weighted by atomic mass is 16.7. The number of carbonyl (C=O) groups is 1. The molecule has 0 aliphatic carbocycles. The summed E-state index contributed by atoms with van der Waals surface area (Å²) in [5.41, 5.74) is 0. The second-order valence-corrected chi connectivity index (χ2v) is 2.08. The monoisotopic (exact) mass is 147 g/mol. The molecule has 5 nitrogen and oxygen atoms in total. The van der Waals surface area contributed by atoms with Crippen molar-refractivity contribution in [2.24, 2.45) is 0 Å². The summed E-state index contributed by atoms with van der Waals surface area (Å²) in [6, 6.07) is 0. The number of aliphatic hydroxyl groups is 2. The third-order valence-electron chi connectivity index (χ3n) is 1.16. The fourth-order valence-electron chi connectivity index (χ4n) is 0.762. The summed E-state index contributed by atoms with van der Waals surface area (Å²) in [7, 11) is 0. The molecule has 5 heteroatoms. The summed E-state index contributed by atoms with van der Waals surface area (Å²) < 4.78 is 0. The molecule has 58 valence electrons. The summed E-state index contributed by atoms with van der Waals surface area (Å²) in [6.07, 6.45) is -1.11. The zero-order chi connectivity index (χ0) is 7.56. The molecule has 0 bridgehead atoms. The Labute approximate surface area is 57.8 Å². The lowest BCUT2D eigenvalue weighted by Gasteiger charge is -2.12. The SMILES string of the molecule is O=C1CCN(CC(O)O)O1. The Hall–Kier alpha value is -0.650. The number of hydrogen-bond donors (Lipinski definition) is 2. The Bertz CT molecular complexity index is 136. The lowest BCUT2D eigenvalue weighted by atomic mass is 10.4. The van der Waals surface area contributed by atoms with Crippen molar-refractivity contribution < 1.29 is 19.8 Å². The second-order valence-electron chi connectivity index (χ2n) is 2.08. The standard InChI is InChI=1S/C5H9NO4/c7-4(8)3-6-2-1-5(9)10-6/h4,7-8H,1-3H2. The lowest BCUT2D eigenvalue weighted by molar-refractivity contribution is -0.185. The van der Waals surface area contributed by atoms with E-state index in [2.05, 4.69) is 4.84 Å². The van der Waals surface area contributed by atoms with Gasteiger partial charge in [-0.05, 0) is 0 Å². The van der Waals surface area contributed by atoms with Crippen molar-refractivity contribution in [3.05, 3.63) is 0 Å². The molecule has 0 amide bonds. The molecule has 1 fully saturated rings. The van der Waals surface area contributed by atoms with Crippen LogP contribution in [0, 0.1) is 0 Å². The van der Waals surface area contributed by atoms with E-state index < -0.39 is 6.29 Å². The fourth-order valence-corrected chi connectivity index (χ4v) is 0.762. The molecule has 1 saturated heterocycles. The normalized spacial score (nSPS) is 20.1.